The van der Waals surface area contributed by atoms with E-state index in [4.69, 9.17) is 9.84 Å². The minimum atomic E-state index is -0.778. The molecule has 1 aliphatic carbocycles. The molecule has 0 radical (unpaired) electrons. The van der Waals surface area contributed by atoms with E-state index >= 15 is 0 Å². The number of carboxylic acids is 1. The van der Waals surface area contributed by atoms with Gasteiger partial charge < -0.3 is 20.1 Å². The van der Waals surface area contributed by atoms with Crippen molar-refractivity contribution in [3.63, 3.8) is 0 Å². The molecule has 0 aromatic heterocycles. The van der Waals surface area contributed by atoms with Gasteiger partial charge in [0.2, 0.25) is 0 Å². The van der Waals surface area contributed by atoms with Crippen LogP contribution in [-0.4, -0.2) is 46.1 Å². The second kappa shape index (κ2) is 15.2. The Morgan fingerprint density at radius 2 is 1.83 bits per heavy atom. The summed E-state index contributed by atoms with van der Waals surface area (Å²) in [4.78, 5) is 23.1. The number of aliphatic hydroxyl groups excluding tert-OH is 2. The topological polar surface area (TPSA) is 104 Å². The SMILES string of the molecule is CCCCC[C@H](O)C=C[C@@H]1C(CCCCCCC(=O)O)=C(C(=O)OCCC)C[C@H]1O. The van der Waals surface area contributed by atoms with Crippen LogP contribution in [0.15, 0.2) is 23.3 Å². The summed E-state index contributed by atoms with van der Waals surface area (Å²) in [5.74, 6) is -1.41. The van der Waals surface area contributed by atoms with Crippen molar-refractivity contribution in [3.05, 3.63) is 23.3 Å². The number of esters is 1. The average molecular weight is 425 g/mol. The monoisotopic (exact) mass is 424 g/mol. The highest BCUT2D eigenvalue weighted by molar-refractivity contribution is 5.90. The average Bonchev–Trinajstić information content (AvgIpc) is 3.02. The summed E-state index contributed by atoms with van der Waals surface area (Å²) < 4.78 is 5.32. The number of carboxylic acid groups (broad SMARTS) is 1. The molecule has 0 saturated heterocycles. The van der Waals surface area contributed by atoms with Crippen LogP contribution in [0.1, 0.15) is 90.9 Å². The molecule has 1 aliphatic rings. The number of unbranched alkanes of at least 4 members (excludes halogenated alkanes) is 5. The van der Waals surface area contributed by atoms with Crippen LogP contribution in [0.5, 0.6) is 0 Å². The van der Waals surface area contributed by atoms with E-state index in [0.29, 0.717) is 31.4 Å². The Morgan fingerprint density at radius 3 is 2.50 bits per heavy atom. The molecule has 1 rings (SSSR count). The van der Waals surface area contributed by atoms with Crippen LogP contribution in [0.4, 0.5) is 0 Å². The highest BCUT2D eigenvalue weighted by Gasteiger charge is 2.35. The fourth-order valence-corrected chi connectivity index (χ4v) is 3.85. The molecule has 0 amide bonds. The predicted molar refractivity (Wildman–Crippen MR) is 117 cm³/mol. The van der Waals surface area contributed by atoms with Crippen LogP contribution >= 0.6 is 0 Å². The van der Waals surface area contributed by atoms with Crippen molar-refractivity contribution in [2.45, 2.75) is 103 Å². The third-order valence-electron chi connectivity index (χ3n) is 5.53. The molecule has 30 heavy (non-hydrogen) atoms. The van der Waals surface area contributed by atoms with E-state index in [2.05, 4.69) is 6.92 Å². The van der Waals surface area contributed by atoms with Crippen molar-refractivity contribution in [2.75, 3.05) is 6.61 Å². The number of aliphatic carboxylic acids is 1. The summed E-state index contributed by atoms with van der Waals surface area (Å²) in [6.07, 6.45) is 11.2. The number of ether oxygens (including phenoxy) is 1. The molecular weight excluding hydrogens is 384 g/mol. The van der Waals surface area contributed by atoms with Crippen LogP contribution < -0.4 is 0 Å². The van der Waals surface area contributed by atoms with Crippen LogP contribution in [0.2, 0.25) is 0 Å². The summed E-state index contributed by atoms with van der Waals surface area (Å²) in [7, 11) is 0. The van der Waals surface area contributed by atoms with Crippen LogP contribution in [-0.2, 0) is 14.3 Å². The third-order valence-corrected chi connectivity index (χ3v) is 5.53. The molecule has 3 N–H and O–H groups in total. The smallest absolute Gasteiger partial charge is 0.334 e. The maximum absolute atomic E-state index is 12.5. The Balaban J connectivity index is 2.77. The van der Waals surface area contributed by atoms with Gasteiger partial charge in [0.15, 0.2) is 0 Å². The normalized spacial score (nSPS) is 20.1. The van der Waals surface area contributed by atoms with Crippen molar-refractivity contribution >= 4 is 11.9 Å². The zero-order valence-corrected chi connectivity index (χ0v) is 18.6. The van der Waals surface area contributed by atoms with E-state index in [9.17, 15) is 19.8 Å². The predicted octanol–water partition coefficient (Wildman–Crippen LogP) is 4.54. The Morgan fingerprint density at radius 1 is 1.10 bits per heavy atom. The van der Waals surface area contributed by atoms with Crippen molar-refractivity contribution in [2.24, 2.45) is 5.92 Å². The molecule has 0 heterocycles. The number of aliphatic hydroxyl groups is 2. The van der Waals surface area contributed by atoms with Gasteiger partial charge in [-0.15, -0.1) is 0 Å². The van der Waals surface area contributed by atoms with Gasteiger partial charge in [0.05, 0.1) is 18.8 Å². The van der Waals surface area contributed by atoms with Gasteiger partial charge in [0.25, 0.3) is 0 Å². The Hall–Kier alpha value is -1.66. The van der Waals surface area contributed by atoms with Crippen molar-refractivity contribution in [1.82, 2.24) is 0 Å². The quantitative estimate of drug-likeness (QED) is 0.191. The Kier molecular flexibility index (Phi) is 13.4. The van der Waals surface area contributed by atoms with Gasteiger partial charge in [-0.05, 0) is 32.1 Å². The first-order chi connectivity index (χ1) is 14.4. The number of rotatable bonds is 16. The molecule has 0 aliphatic heterocycles. The highest BCUT2D eigenvalue weighted by atomic mass is 16.5. The highest BCUT2D eigenvalue weighted by Crippen LogP contribution is 2.37. The molecule has 6 nitrogen and oxygen atoms in total. The lowest BCUT2D eigenvalue weighted by atomic mass is 9.92. The fourth-order valence-electron chi connectivity index (χ4n) is 3.85. The van der Waals surface area contributed by atoms with Gasteiger partial charge in [-0.25, -0.2) is 4.79 Å². The zero-order valence-electron chi connectivity index (χ0n) is 18.6. The van der Waals surface area contributed by atoms with E-state index in [-0.39, 0.29) is 24.7 Å². The second-order valence-corrected chi connectivity index (χ2v) is 8.19. The number of hydrogen-bond acceptors (Lipinski definition) is 5. The van der Waals surface area contributed by atoms with Crippen molar-refractivity contribution in [3.8, 4) is 0 Å². The Labute approximate surface area is 181 Å². The first-order valence-electron chi connectivity index (χ1n) is 11.6. The van der Waals surface area contributed by atoms with E-state index in [1.807, 2.05) is 13.0 Å². The summed E-state index contributed by atoms with van der Waals surface area (Å²) >= 11 is 0. The molecule has 172 valence electrons. The number of carbonyl (C=O) groups is 2. The van der Waals surface area contributed by atoms with Gasteiger partial charge in [0.1, 0.15) is 0 Å². The van der Waals surface area contributed by atoms with Gasteiger partial charge in [-0.2, -0.15) is 0 Å². The van der Waals surface area contributed by atoms with Crippen LogP contribution in [0, 0.1) is 5.92 Å². The van der Waals surface area contributed by atoms with Crippen LogP contribution in [0.25, 0.3) is 0 Å². The van der Waals surface area contributed by atoms with Gasteiger partial charge >= 0.3 is 11.9 Å². The maximum atomic E-state index is 12.5. The first kappa shape index (κ1) is 26.4. The lowest BCUT2D eigenvalue weighted by Gasteiger charge is -2.16. The van der Waals surface area contributed by atoms with Gasteiger partial charge in [0, 0.05) is 24.3 Å². The Bertz CT molecular complexity index is 580. The molecule has 0 bridgehead atoms. The standard InChI is InChI=1S/C24H40O6/c1-3-5-8-11-18(25)14-15-20-19(12-9-6-7-10-13-23(27)28)21(17-22(20)26)24(29)30-16-4-2/h14-15,18,20,22,25-26H,3-13,16-17H2,1-2H3,(H,27,28)/t18-,20+,22+/m0/s1. The molecular formula is C24H40O6. The largest absolute Gasteiger partial charge is 0.481 e. The molecule has 0 spiro atoms. The third kappa shape index (κ3) is 9.90. The summed E-state index contributed by atoms with van der Waals surface area (Å²) in [6, 6.07) is 0. The maximum Gasteiger partial charge on any atom is 0.334 e. The van der Waals surface area contributed by atoms with Crippen LogP contribution in [0.3, 0.4) is 0 Å². The van der Waals surface area contributed by atoms with E-state index in [0.717, 1.165) is 50.5 Å². The molecule has 6 heteroatoms. The molecule has 0 unspecified atom stereocenters. The molecule has 0 fully saturated rings. The van der Waals surface area contributed by atoms with E-state index in [1.54, 1.807) is 6.08 Å². The lowest BCUT2D eigenvalue weighted by Crippen LogP contribution is -2.15. The zero-order chi connectivity index (χ0) is 22.4. The fraction of sp³-hybridized carbons (Fsp3) is 0.750. The van der Waals surface area contributed by atoms with Crippen molar-refractivity contribution < 1.29 is 29.6 Å². The van der Waals surface area contributed by atoms with E-state index < -0.39 is 18.2 Å². The summed E-state index contributed by atoms with van der Waals surface area (Å²) in [6.45, 7) is 4.42. The summed E-state index contributed by atoms with van der Waals surface area (Å²) in [5, 5.41) is 29.5. The van der Waals surface area contributed by atoms with Gasteiger partial charge in [-0.3, -0.25) is 4.79 Å². The minimum Gasteiger partial charge on any atom is -0.481 e. The molecule has 3 atom stereocenters. The number of carbonyl (C=O) groups excluding carboxylic acids is 1. The van der Waals surface area contributed by atoms with Gasteiger partial charge in [-0.1, -0.05) is 63.7 Å². The summed E-state index contributed by atoms with van der Waals surface area (Å²) in [5.41, 5.74) is 1.47. The first-order valence-corrected chi connectivity index (χ1v) is 11.6. The molecule has 0 aromatic carbocycles. The minimum absolute atomic E-state index is 0.178. The second-order valence-electron chi connectivity index (χ2n) is 8.19. The molecule has 0 aromatic rings. The lowest BCUT2D eigenvalue weighted by molar-refractivity contribution is -0.139. The van der Waals surface area contributed by atoms with Crippen molar-refractivity contribution in [1.29, 1.82) is 0 Å². The number of hydrogen-bond donors (Lipinski definition) is 3. The van der Waals surface area contributed by atoms with E-state index in [1.165, 1.54) is 0 Å². The molecule has 0 saturated carbocycles.